The van der Waals surface area contributed by atoms with Gasteiger partial charge in [0.05, 0.1) is 18.1 Å². The minimum Gasteiger partial charge on any atom is -0.317 e. The van der Waals surface area contributed by atoms with E-state index in [1.165, 1.54) is 25.6 Å². The van der Waals surface area contributed by atoms with Gasteiger partial charge in [-0.3, -0.25) is 5.73 Å². The van der Waals surface area contributed by atoms with Crippen molar-refractivity contribution in [1.29, 1.82) is 10.5 Å². The van der Waals surface area contributed by atoms with Crippen LogP contribution in [0.5, 0.6) is 0 Å². The third-order valence-electron chi connectivity index (χ3n) is 4.40. The number of fused-ring (bicyclic) bond motifs is 1. The molecule has 1 aliphatic heterocycles. The van der Waals surface area contributed by atoms with E-state index in [-0.39, 0.29) is 11.8 Å². The molecule has 3 rings (SSSR count). The minimum absolute atomic E-state index is 0.226. The normalized spacial score (nSPS) is 36.6. The molecule has 3 N–H and O–H groups in total. The summed E-state index contributed by atoms with van der Waals surface area (Å²) in [6, 6.07) is 8.24. The zero-order valence-electron chi connectivity index (χ0n) is 11.0. The lowest BCUT2D eigenvalue weighted by Crippen LogP contribution is -2.90. The van der Waals surface area contributed by atoms with Crippen LogP contribution in [0.2, 0.25) is 0 Å². The number of ether oxygens (including phenoxy) is 2. The quantitative estimate of drug-likeness (QED) is 0.713. The summed E-state index contributed by atoms with van der Waals surface area (Å²) < 4.78 is 10.8. The molecule has 0 unspecified atom stereocenters. The molecule has 0 amide bonds. The van der Waals surface area contributed by atoms with Gasteiger partial charge in [-0.25, -0.2) is 4.99 Å². The number of thiophene rings is 1. The fourth-order valence-corrected chi connectivity index (χ4v) is 4.46. The highest BCUT2D eigenvalue weighted by molar-refractivity contribution is 7.10. The molecule has 20 heavy (non-hydrogen) atoms. The SMILES string of the molecule is COC1(OC)[NH+]=C(N)[C@@]2(C#N)[C@@H](c3cccs3)[C@@]12C#N. The van der Waals surface area contributed by atoms with Gasteiger partial charge < -0.3 is 9.47 Å². The number of hydrogen-bond donors (Lipinski definition) is 2. The van der Waals surface area contributed by atoms with Crippen LogP contribution in [0.3, 0.4) is 0 Å². The Morgan fingerprint density at radius 3 is 2.50 bits per heavy atom. The summed E-state index contributed by atoms with van der Waals surface area (Å²) in [4.78, 5) is 3.78. The number of methoxy groups -OCH3 is 2. The lowest BCUT2D eigenvalue weighted by atomic mass is 9.94. The van der Waals surface area contributed by atoms with Crippen molar-refractivity contribution < 1.29 is 14.5 Å². The van der Waals surface area contributed by atoms with Crippen LogP contribution < -0.4 is 10.7 Å². The molecule has 2 aliphatic rings. The summed E-state index contributed by atoms with van der Waals surface area (Å²) >= 11 is 1.49. The molecule has 3 atom stereocenters. The Morgan fingerprint density at radius 1 is 1.35 bits per heavy atom. The van der Waals surface area contributed by atoms with E-state index in [0.717, 1.165) is 4.88 Å². The molecular weight excluding hydrogens is 276 g/mol. The third-order valence-corrected chi connectivity index (χ3v) is 5.34. The van der Waals surface area contributed by atoms with Gasteiger partial charge in [-0.1, -0.05) is 6.07 Å². The van der Waals surface area contributed by atoms with E-state index in [0.29, 0.717) is 0 Å². The first-order valence-electron chi connectivity index (χ1n) is 5.97. The molecule has 1 aromatic rings. The van der Waals surface area contributed by atoms with E-state index in [1.54, 1.807) is 0 Å². The summed E-state index contributed by atoms with van der Waals surface area (Å²) in [5.74, 6) is -1.54. The van der Waals surface area contributed by atoms with E-state index in [1.807, 2.05) is 17.5 Å². The molecule has 2 heterocycles. The first-order valence-corrected chi connectivity index (χ1v) is 6.85. The molecule has 0 spiro atoms. The van der Waals surface area contributed by atoms with Gasteiger partial charge in [-0.2, -0.15) is 10.5 Å². The summed E-state index contributed by atoms with van der Waals surface area (Å²) in [6.45, 7) is 0. The Bertz CT molecular complexity index is 668. The largest absolute Gasteiger partial charge is 0.342 e. The van der Waals surface area contributed by atoms with Gasteiger partial charge in [0.1, 0.15) is 0 Å². The first-order chi connectivity index (χ1) is 9.60. The number of nitrogens with two attached hydrogens (primary N) is 1. The Morgan fingerprint density at radius 2 is 2.05 bits per heavy atom. The average Bonchev–Trinajstić information content (AvgIpc) is 2.79. The highest BCUT2D eigenvalue weighted by Gasteiger charge is 2.97. The van der Waals surface area contributed by atoms with Crippen LogP contribution in [-0.2, 0) is 9.47 Å². The number of amidine groups is 1. The molecule has 1 saturated carbocycles. The predicted octanol–water partition coefficient (Wildman–Crippen LogP) is -0.737. The van der Waals surface area contributed by atoms with Crippen LogP contribution in [0.15, 0.2) is 17.5 Å². The number of rotatable bonds is 3. The molecule has 1 fully saturated rings. The lowest BCUT2D eigenvalue weighted by Gasteiger charge is -2.26. The van der Waals surface area contributed by atoms with Crippen molar-refractivity contribution in [3.05, 3.63) is 22.4 Å². The van der Waals surface area contributed by atoms with Crippen LogP contribution in [0.4, 0.5) is 0 Å². The molecule has 0 aromatic carbocycles. The number of nitrogens with one attached hydrogen (secondary N) is 1. The predicted molar refractivity (Wildman–Crippen MR) is 70.1 cm³/mol. The van der Waals surface area contributed by atoms with Gasteiger partial charge >= 0.3 is 5.91 Å². The van der Waals surface area contributed by atoms with Gasteiger partial charge in [0.2, 0.25) is 0 Å². The zero-order chi connectivity index (χ0) is 14.6. The van der Waals surface area contributed by atoms with E-state index >= 15 is 0 Å². The number of nitrogens with zero attached hydrogens (tertiary/aromatic N) is 2. The molecule has 0 saturated heterocycles. The lowest BCUT2D eigenvalue weighted by molar-refractivity contribution is -0.687. The second-order valence-corrected chi connectivity index (χ2v) is 5.83. The third kappa shape index (κ3) is 1.01. The monoisotopic (exact) mass is 289 g/mol. The van der Waals surface area contributed by atoms with Crippen LogP contribution >= 0.6 is 11.3 Å². The fraction of sp³-hybridized carbons (Fsp3) is 0.462. The first kappa shape index (κ1) is 13.1. The Kier molecular flexibility index (Phi) is 2.48. The van der Waals surface area contributed by atoms with Gasteiger partial charge in [-0.05, 0) is 11.4 Å². The molecule has 0 bridgehead atoms. The highest BCUT2D eigenvalue weighted by Crippen LogP contribution is 2.78. The molecule has 102 valence electrons. The van der Waals surface area contributed by atoms with Crippen molar-refractivity contribution in [2.24, 2.45) is 16.6 Å². The molecular formula is C13H13N4O2S+. The van der Waals surface area contributed by atoms with E-state index < -0.39 is 16.7 Å². The van der Waals surface area contributed by atoms with Crippen LogP contribution in [0, 0.1) is 33.5 Å². The maximum absolute atomic E-state index is 9.78. The Labute approximate surface area is 120 Å². The van der Waals surface area contributed by atoms with Gasteiger partial charge in [0.15, 0.2) is 10.8 Å². The molecule has 0 radical (unpaired) electrons. The Hall–Kier alpha value is -1.93. The van der Waals surface area contributed by atoms with Crippen LogP contribution in [0.25, 0.3) is 0 Å². The minimum atomic E-state index is -1.41. The van der Waals surface area contributed by atoms with Gasteiger partial charge in [0, 0.05) is 19.1 Å². The van der Waals surface area contributed by atoms with Crippen molar-refractivity contribution in [2.75, 3.05) is 14.2 Å². The highest BCUT2D eigenvalue weighted by atomic mass is 32.1. The second kappa shape index (κ2) is 3.80. The summed E-state index contributed by atoms with van der Waals surface area (Å²) in [7, 11) is 2.86. The zero-order valence-corrected chi connectivity index (χ0v) is 11.8. The Balaban J connectivity index is 2.26. The smallest absolute Gasteiger partial charge is 0.317 e. The van der Waals surface area contributed by atoms with Crippen molar-refractivity contribution in [2.45, 2.75) is 11.8 Å². The standard InChI is InChI=1S/C13H12N4O2S/c1-18-13(19-2)12(7-15)9(8-4-3-5-20-8)11(12,6-14)10(16)17-13/h3-5,9H,1-2H3,(H2,16,17)/p+1/t9-,11-,12-/m1/s1. The average molecular weight is 289 g/mol. The maximum atomic E-state index is 9.78. The molecule has 1 aliphatic carbocycles. The van der Waals surface area contributed by atoms with Gasteiger partial charge in [0.25, 0.3) is 5.84 Å². The molecule has 1 aromatic heterocycles. The van der Waals surface area contributed by atoms with Crippen molar-refractivity contribution >= 4 is 17.2 Å². The number of hydrogen-bond acceptors (Lipinski definition) is 6. The molecule has 7 heteroatoms. The fourth-order valence-electron chi connectivity index (χ4n) is 3.50. The number of nitriles is 2. The van der Waals surface area contributed by atoms with Crippen LogP contribution in [-0.4, -0.2) is 26.0 Å². The summed E-state index contributed by atoms with van der Waals surface area (Å²) in [5.41, 5.74) is 3.71. The van der Waals surface area contributed by atoms with Crippen molar-refractivity contribution in [3.63, 3.8) is 0 Å². The van der Waals surface area contributed by atoms with E-state index in [2.05, 4.69) is 17.1 Å². The van der Waals surface area contributed by atoms with Crippen molar-refractivity contribution in [1.82, 2.24) is 0 Å². The maximum Gasteiger partial charge on any atom is 0.342 e. The summed E-state index contributed by atoms with van der Waals surface area (Å²) in [6.07, 6.45) is 0. The summed E-state index contributed by atoms with van der Waals surface area (Å²) in [5, 5.41) is 21.4. The van der Waals surface area contributed by atoms with E-state index in [4.69, 9.17) is 15.2 Å². The van der Waals surface area contributed by atoms with Gasteiger partial charge in [-0.15, -0.1) is 11.3 Å². The topological polar surface area (TPSA) is 106 Å². The van der Waals surface area contributed by atoms with Crippen molar-refractivity contribution in [3.8, 4) is 12.1 Å². The molecule has 6 nitrogen and oxygen atoms in total. The second-order valence-electron chi connectivity index (χ2n) is 4.85. The van der Waals surface area contributed by atoms with Crippen LogP contribution in [0.1, 0.15) is 10.8 Å². The van der Waals surface area contributed by atoms with E-state index in [9.17, 15) is 10.5 Å².